The summed E-state index contributed by atoms with van der Waals surface area (Å²) in [6, 6.07) is 13.6. The number of hydrogen-bond donors (Lipinski definition) is 2. The van der Waals surface area contributed by atoms with E-state index < -0.39 is 0 Å². The maximum Gasteiger partial charge on any atom is 0.255 e. The van der Waals surface area contributed by atoms with Crippen molar-refractivity contribution in [3.05, 3.63) is 59.7 Å². The van der Waals surface area contributed by atoms with Crippen LogP contribution in [-0.4, -0.2) is 51.4 Å². The van der Waals surface area contributed by atoms with Gasteiger partial charge in [0, 0.05) is 36.5 Å². The molecule has 3 aromatic rings. The average Bonchev–Trinajstić information content (AvgIpc) is 3.16. The van der Waals surface area contributed by atoms with E-state index in [9.17, 15) is 9.59 Å². The molecule has 1 aromatic heterocycles. The second-order valence-electron chi connectivity index (χ2n) is 5.54. The highest BCUT2D eigenvalue weighted by molar-refractivity contribution is 6.04. The van der Waals surface area contributed by atoms with Crippen molar-refractivity contribution < 1.29 is 9.59 Å². The van der Waals surface area contributed by atoms with Gasteiger partial charge in [-0.2, -0.15) is 5.21 Å². The van der Waals surface area contributed by atoms with Gasteiger partial charge in [-0.3, -0.25) is 9.59 Å². The number of anilines is 1. The highest BCUT2D eigenvalue weighted by Gasteiger charge is 2.10. The first kappa shape index (κ1) is 16.3. The first-order chi connectivity index (χ1) is 12.0. The Morgan fingerprint density at radius 2 is 1.60 bits per heavy atom. The van der Waals surface area contributed by atoms with Gasteiger partial charge in [-0.05, 0) is 41.6 Å². The van der Waals surface area contributed by atoms with E-state index in [0.29, 0.717) is 22.6 Å². The van der Waals surface area contributed by atoms with Crippen LogP contribution in [-0.2, 0) is 0 Å². The van der Waals surface area contributed by atoms with Crippen LogP contribution in [0.4, 0.5) is 5.69 Å². The number of aromatic amines is 1. The summed E-state index contributed by atoms with van der Waals surface area (Å²) in [6.07, 6.45) is 0. The van der Waals surface area contributed by atoms with Crippen molar-refractivity contribution in [2.75, 3.05) is 19.4 Å². The van der Waals surface area contributed by atoms with E-state index in [1.807, 2.05) is 0 Å². The zero-order chi connectivity index (χ0) is 17.8. The van der Waals surface area contributed by atoms with Gasteiger partial charge in [0.2, 0.25) is 5.82 Å². The molecule has 8 nitrogen and oxygen atoms in total. The molecular weight excluding hydrogens is 320 g/mol. The van der Waals surface area contributed by atoms with Crippen LogP contribution >= 0.6 is 0 Å². The van der Waals surface area contributed by atoms with Crippen LogP contribution in [0.2, 0.25) is 0 Å². The first-order valence-corrected chi connectivity index (χ1v) is 7.51. The molecule has 126 valence electrons. The molecule has 0 aliphatic heterocycles. The maximum atomic E-state index is 12.3. The molecule has 25 heavy (non-hydrogen) atoms. The number of nitrogens with zero attached hydrogens (tertiary/aromatic N) is 4. The number of benzene rings is 2. The molecular formula is C17H16N6O2. The lowest BCUT2D eigenvalue weighted by molar-refractivity contribution is 0.0827. The van der Waals surface area contributed by atoms with Gasteiger partial charge in [0.25, 0.3) is 11.8 Å². The van der Waals surface area contributed by atoms with Crippen LogP contribution in [0.25, 0.3) is 11.4 Å². The molecule has 2 amide bonds. The minimum atomic E-state index is -0.244. The van der Waals surface area contributed by atoms with Crippen LogP contribution < -0.4 is 5.32 Å². The normalized spacial score (nSPS) is 10.3. The number of aromatic nitrogens is 4. The van der Waals surface area contributed by atoms with Crippen molar-refractivity contribution in [2.24, 2.45) is 0 Å². The van der Waals surface area contributed by atoms with E-state index in [1.54, 1.807) is 62.6 Å². The van der Waals surface area contributed by atoms with Crippen molar-refractivity contribution in [3.63, 3.8) is 0 Å². The van der Waals surface area contributed by atoms with Gasteiger partial charge in [0.1, 0.15) is 0 Å². The van der Waals surface area contributed by atoms with Crippen LogP contribution in [0.3, 0.4) is 0 Å². The first-order valence-electron chi connectivity index (χ1n) is 7.51. The molecule has 2 aromatic carbocycles. The Morgan fingerprint density at radius 1 is 0.960 bits per heavy atom. The Bertz CT molecular complexity index is 871. The van der Waals surface area contributed by atoms with Crippen molar-refractivity contribution in [2.45, 2.75) is 0 Å². The van der Waals surface area contributed by atoms with E-state index in [0.717, 1.165) is 5.56 Å². The number of rotatable bonds is 4. The monoisotopic (exact) mass is 336 g/mol. The van der Waals surface area contributed by atoms with E-state index in [2.05, 4.69) is 25.9 Å². The molecule has 0 aliphatic rings. The minimum absolute atomic E-state index is 0.0880. The topological polar surface area (TPSA) is 104 Å². The number of H-pyrrole nitrogens is 1. The molecule has 0 unspecified atom stereocenters. The van der Waals surface area contributed by atoms with Crippen molar-refractivity contribution in [3.8, 4) is 11.4 Å². The molecule has 0 bridgehead atoms. The molecule has 0 radical (unpaired) electrons. The van der Waals surface area contributed by atoms with Crippen LogP contribution in [0.1, 0.15) is 20.7 Å². The molecule has 0 spiro atoms. The third-order valence-corrected chi connectivity index (χ3v) is 3.55. The Morgan fingerprint density at radius 3 is 2.16 bits per heavy atom. The molecule has 8 heteroatoms. The van der Waals surface area contributed by atoms with Gasteiger partial charge in [0.15, 0.2) is 0 Å². The Balaban J connectivity index is 1.69. The second kappa shape index (κ2) is 6.91. The van der Waals surface area contributed by atoms with Gasteiger partial charge >= 0.3 is 0 Å². The number of amides is 2. The SMILES string of the molecule is CN(C)C(=O)c1ccc(NC(=O)c2ccc(-c3nn[nH]n3)cc2)cc1. The summed E-state index contributed by atoms with van der Waals surface area (Å²) in [5, 5.41) is 16.4. The summed E-state index contributed by atoms with van der Waals surface area (Å²) < 4.78 is 0. The predicted molar refractivity (Wildman–Crippen MR) is 92.0 cm³/mol. The molecule has 0 fully saturated rings. The third kappa shape index (κ3) is 3.69. The fraction of sp³-hybridized carbons (Fsp3) is 0.118. The highest BCUT2D eigenvalue weighted by atomic mass is 16.2. The van der Waals surface area contributed by atoms with Gasteiger partial charge in [-0.1, -0.05) is 12.1 Å². The fourth-order valence-corrected chi connectivity index (χ4v) is 2.21. The summed E-state index contributed by atoms with van der Waals surface area (Å²) >= 11 is 0. The minimum Gasteiger partial charge on any atom is -0.345 e. The summed E-state index contributed by atoms with van der Waals surface area (Å²) in [7, 11) is 3.38. The van der Waals surface area contributed by atoms with E-state index >= 15 is 0 Å². The van der Waals surface area contributed by atoms with E-state index in [4.69, 9.17) is 0 Å². The number of carbonyl (C=O) groups excluding carboxylic acids is 2. The van der Waals surface area contributed by atoms with Gasteiger partial charge < -0.3 is 10.2 Å². The standard InChI is InChI=1S/C17H16N6O2/c1-23(2)17(25)13-7-9-14(10-8-13)18-16(24)12-5-3-11(4-6-12)15-19-21-22-20-15/h3-10H,1-2H3,(H,18,24)(H,19,20,21,22). The van der Waals surface area contributed by atoms with Crippen LogP contribution in [0.5, 0.6) is 0 Å². The summed E-state index contributed by atoms with van der Waals surface area (Å²) in [5.41, 5.74) is 2.44. The molecule has 0 saturated heterocycles. The quantitative estimate of drug-likeness (QED) is 0.756. The predicted octanol–water partition coefficient (Wildman–Crippen LogP) is 1.82. The lowest BCUT2D eigenvalue weighted by atomic mass is 10.1. The van der Waals surface area contributed by atoms with Crippen molar-refractivity contribution in [1.29, 1.82) is 0 Å². The number of nitrogens with one attached hydrogen (secondary N) is 2. The average molecular weight is 336 g/mol. The Hall–Kier alpha value is -3.55. The second-order valence-corrected chi connectivity index (χ2v) is 5.54. The zero-order valence-electron chi connectivity index (χ0n) is 13.7. The molecule has 0 atom stereocenters. The van der Waals surface area contributed by atoms with Gasteiger partial charge in [0.05, 0.1) is 0 Å². The van der Waals surface area contributed by atoms with Gasteiger partial charge in [-0.15, -0.1) is 10.2 Å². The molecule has 3 rings (SSSR count). The summed E-state index contributed by atoms with van der Waals surface area (Å²) in [4.78, 5) is 25.7. The lowest BCUT2D eigenvalue weighted by Gasteiger charge is -2.11. The summed E-state index contributed by atoms with van der Waals surface area (Å²) in [5.74, 6) is 0.134. The molecule has 0 aliphatic carbocycles. The fourth-order valence-electron chi connectivity index (χ4n) is 2.21. The maximum absolute atomic E-state index is 12.3. The number of hydrogen-bond acceptors (Lipinski definition) is 5. The smallest absolute Gasteiger partial charge is 0.255 e. The highest BCUT2D eigenvalue weighted by Crippen LogP contribution is 2.16. The van der Waals surface area contributed by atoms with E-state index in [-0.39, 0.29) is 11.8 Å². The molecule has 0 saturated carbocycles. The largest absolute Gasteiger partial charge is 0.345 e. The molecule has 2 N–H and O–H groups in total. The Kier molecular flexibility index (Phi) is 4.51. The summed E-state index contributed by atoms with van der Waals surface area (Å²) in [6.45, 7) is 0. The van der Waals surface area contributed by atoms with Crippen LogP contribution in [0, 0.1) is 0 Å². The molecule has 1 heterocycles. The van der Waals surface area contributed by atoms with Crippen molar-refractivity contribution >= 4 is 17.5 Å². The van der Waals surface area contributed by atoms with Crippen molar-refractivity contribution in [1.82, 2.24) is 25.5 Å². The van der Waals surface area contributed by atoms with E-state index in [1.165, 1.54) is 4.90 Å². The Labute approximate surface area is 143 Å². The number of tetrazole rings is 1. The van der Waals surface area contributed by atoms with Gasteiger partial charge in [-0.25, -0.2) is 0 Å². The van der Waals surface area contributed by atoms with Crippen LogP contribution in [0.15, 0.2) is 48.5 Å². The third-order valence-electron chi connectivity index (χ3n) is 3.55. The lowest BCUT2D eigenvalue weighted by Crippen LogP contribution is -2.21. The number of carbonyl (C=O) groups is 2. The zero-order valence-corrected chi connectivity index (χ0v) is 13.7.